The molecule has 6 heteroatoms. The fraction of sp³-hybridized carbons (Fsp3) is 0.150. The highest BCUT2D eigenvalue weighted by Gasteiger charge is 2.29. The molecule has 0 aromatic heterocycles. The zero-order valence-corrected chi connectivity index (χ0v) is 15.3. The van der Waals surface area contributed by atoms with E-state index in [1.54, 1.807) is 24.3 Å². The van der Waals surface area contributed by atoms with E-state index in [0.717, 1.165) is 5.56 Å². The predicted octanol–water partition coefficient (Wildman–Crippen LogP) is 4.29. The highest BCUT2D eigenvalue weighted by Crippen LogP contribution is 2.35. The van der Waals surface area contributed by atoms with E-state index >= 15 is 0 Å². The Bertz CT molecular complexity index is 902. The summed E-state index contributed by atoms with van der Waals surface area (Å²) in [5.41, 5.74) is 1.95. The van der Waals surface area contributed by atoms with Crippen molar-refractivity contribution in [2.24, 2.45) is 0 Å². The summed E-state index contributed by atoms with van der Waals surface area (Å²) in [5.74, 6) is -0.404. The molecule has 0 fully saturated rings. The van der Waals surface area contributed by atoms with E-state index in [2.05, 4.69) is 11.4 Å². The van der Waals surface area contributed by atoms with Gasteiger partial charge in [0.2, 0.25) is 5.91 Å². The van der Waals surface area contributed by atoms with Crippen molar-refractivity contribution in [2.45, 2.75) is 12.3 Å². The molecule has 0 saturated carbocycles. The first kappa shape index (κ1) is 18.2. The largest absolute Gasteiger partial charge is 0.320 e. The van der Waals surface area contributed by atoms with Crippen molar-refractivity contribution >= 4 is 35.1 Å². The summed E-state index contributed by atoms with van der Waals surface area (Å²) in [6, 6.07) is 18.3. The lowest BCUT2D eigenvalue weighted by Gasteiger charge is -2.25. The van der Waals surface area contributed by atoms with Crippen LogP contribution in [0.25, 0.3) is 0 Å². The molecule has 1 heterocycles. The molecule has 0 bridgehead atoms. The van der Waals surface area contributed by atoms with Gasteiger partial charge in [-0.05, 0) is 29.8 Å². The Hall–Kier alpha value is -2.55. The molecule has 0 radical (unpaired) electrons. The molecule has 1 atom stereocenters. The number of benzene rings is 2. The summed E-state index contributed by atoms with van der Waals surface area (Å²) in [5, 5.41) is 13.4. The van der Waals surface area contributed by atoms with Crippen molar-refractivity contribution in [2.75, 3.05) is 5.75 Å². The van der Waals surface area contributed by atoms with Gasteiger partial charge in [0.25, 0.3) is 0 Å². The summed E-state index contributed by atoms with van der Waals surface area (Å²) < 4.78 is 0. The SMILES string of the molecule is N#CC1=C(SCC(=O)c2ccc(Cl)cc2)NC(=O)CC1c1ccccc1. The van der Waals surface area contributed by atoms with E-state index in [1.807, 2.05) is 30.3 Å². The maximum atomic E-state index is 12.3. The van der Waals surface area contributed by atoms with Crippen molar-refractivity contribution in [1.82, 2.24) is 5.32 Å². The average Bonchev–Trinajstić information content (AvgIpc) is 2.67. The van der Waals surface area contributed by atoms with Gasteiger partial charge in [-0.15, -0.1) is 0 Å². The lowest BCUT2D eigenvalue weighted by Crippen LogP contribution is -2.31. The van der Waals surface area contributed by atoms with E-state index in [-0.39, 0.29) is 29.8 Å². The van der Waals surface area contributed by atoms with Crippen LogP contribution in [0.1, 0.15) is 28.3 Å². The van der Waals surface area contributed by atoms with Crippen LogP contribution in [-0.2, 0) is 4.79 Å². The maximum Gasteiger partial charge on any atom is 0.225 e. The molecule has 0 aliphatic carbocycles. The lowest BCUT2D eigenvalue weighted by atomic mass is 9.87. The number of carbonyl (C=O) groups is 2. The van der Waals surface area contributed by atoms with Gasteiger partial charge in [0.15, 0.2) is 5.78 Å². The topological polar surface area (TPSA) is 70.0 Å². The monoisotopic (exact) mass is 382 g/mol. The van der Waals surface area contributed by atoms with E-state index in [4.69, 9.17) is 11.6 Å². The zero-order chi connectivity index (χ0) is 18.5. The molecule has 0 saturated heterocycles. The number of hydrogen-bond donors (Lipinski definition) is 1. The summed E-state index contributed by atoms with van der Waals surface area (Å²) >= 11 is 7.02. The van der Waals surface area contributed by atoms with Gasteiger partial charge in [0, 0.05) is 22.9 Å². The Morgan fingerprint density at radius 3 is 2.54 bits per heavy atom. The van der Waals surface area contributed by atoms with E-state index in [9.17, 15) is 14.9 Å². The fourth-order valence-corrected chi connectivity index (χ4v) is 3.86. The number of carbonyl (C=O) groups excluding carboxylic acids is 2. The van der Waals surface area contributed by atoms with Gasteiger partial charge in [0.1, 0.15) is 0 Å². The molecule has 3 rings (SSSR count). The summed E-state index contributed by atoms with van der Waals surface area (Å²) in [7, 11) is 0. The molecule has 2 aromatic rings. The van der Waals surface area contributed by atoms with Crippen LogP contribution in [0.15, 0.2) is 65.2 Å². The minimum Gasteiger partial charge on any atom is -0.320 e. The minimum absolute atomic E-state index is 0.0902. The third-order valence-electron chi connectivity index (χ3n) is 4.07. The lowest BCUT2D eigenvalue weighted by molar-refractivity contribution is -0.120. The molecule has 130 valence electrons. The summed E-state index contributed by atoms with van der Waals surface area (Å²) in [6.07, 6.45) is 0.224. The molecule has 1 aliphatic rings. The highest BCUT2D eigenvalue weighted by molar-refractivity contribution is 8.03. The van der Waals surface area contributed by atoms with Crippen LogP contribution in [0, 0.1) is 11.3 Å². The first-order valence-corrected chi connectivity index (χ1v) is 9.35. The second kappa shape index (κ2) is 8.22. The normalized spacial score (nSPS) is 16.8. The number of halogens is 1. The van der Waals surface area contributed by atoms with Crippen LogP contribution in [0.5, 0.6) is 0 Å². The molecule has 1 N–H and O–H groups in total. The molecular weight excluding hydrogens is 368 g/mol. The number of Topliss-reactive ketones (excluding diaryl/α,β-unsaturated/α-hetero) is 1. The fourth-order valence-electron chi connectivity index (χ4n) is 2.76. The number of nitrogens with one attached hydrogen (secondary N) is 1. The van der Waals surface area contributed by atoms with Gasteiger partial charge in [0.05, 0.1) is 22.4 Å². The van der Waals surface area contributed by atoms with Gasteiger partial charge in [-0.3, -0.25) is 9.59 Å². The van der Waals surface area contributed by atoms with Gasteiger partial charge in [-0.1, -0.05) is 53.7 Å². The molecule has 0 spiro atoms. The highest BCUT2D eigenvalue weighted by atomic mass is 35.5. The third kappa shape index (κ3) is 4.16. The molecule has 1 amide bonds. The van der Waals surface area contributed by atoms with Crippen molar-refractivity contribution in [1.29, 1.82) is 5.26 Å². The first-order chi connectivity index (χ1) is 12.6. The van der Waals surface area contributed by atoms with Gasteiger partial charge in [-0.2, -0.15) is 5.26 Å². The van der Waals surface area contributed by atoms with Crippen LogP contribution in [-0.4, -0.2) is 17.4 Å². The van der Waals surface area contributed by atoms with Crippen LogP contribution in [0.3, 0.4) is 0 Å². The summed E-state index contributed by atoms with van der Waals surface area (Å²) in [6.45, 7) is 0. The van der Waals surface area contributed by atoms with Gasteiger partial charge in [-0.25, -0.2) is 0 Å². The number of nitriles is 1. The van der Waals surface area contributed by atoms with Gasteiger partial charge < -0.3 is 5.32 Å². The van der Waals surface area contributed by atoms with E-state index < -0.39 is 0 Å². The van der Waals surface area contributed by atoms with Crippen molar-refractivity contribution in [3.63, 3.8) is 0 Å². The predicted molar refractivity (Wildman–Crippen MR) is 103 cm³/mol. The quantitative estimate of drug-likeness (QED) is 0.783. The molecule has 2 aromatic carbocycles. The Morgan fingerprint density at radius 1 is 1.19 bits per heavy atom. The molecular formula is C20H15ClN2O2S. The number of amides is 1. The van der Waals surface area contributed by atoms with Crippen molar-refractivity contribution < 1.29 is 9.59 Å². The minimum atomic E-state index is -0.289. The Kier molecular flexibility index (Phi) is 5.77. The van der Waals surface area contributed by atoms with E-state index in [0.29, 0.717) is 21.2 Å². The van der Waals surface area contributed by atoms with Crippen LogP contribution < -0.4 is 5.32 Å². The standard InChI is InChI=1S/C20H15ClN2O2S/c21-15-8-6-14(7-9-15)18(24)12-26-20-17(11-22)16(10-19(25)23-20)13-4-2-1-3-5-13/h1-9,16H,10,12H2,(H,23,25). The average molecular weight is 383 g/mol. The molecule has 26 heavy (non-hydrogen) atoms. The summed E-state index contributed by atoms with van der Waals surface area (Å²) in [4.78, 5) is 24.4. The van der Waals surface area contributed by atoms with Gasteiger partial charge >= 0.3 is 0 Å². The third-order valence-corrected chi connectivity index (χ3v) is 5.34. The van der Waals surface area contributed by atoms with Crippen LogP contribution in [0.4, 0.5) is 0 Å². The smallest absolute Gasteiger partial charge is 0.225 e. The number of rotatable bonds is 5. The number of nitrogens with zero attached hydrogens (tertiary/aromatic N) is 1. The molecule has 1 aliphatic heterocycles. The van der Waals surface area contributed by atoms with Crippen LogP contribution in [0.2, 0.25) is 5.02 Å². The van der Waals surface area contributed by atoms with Crippen molar-refractivity contribution in [3.8, 4) is 6.07 Å². The first-order valence-electron chi connectivity index (χ1n) is 7.99. The maximum absolute atomic E-state index is 12.3. The molecule has 1 unspecified atom stereocenters. The van der Waals surface area contributed by atoms with Crippen molar-refractivity contribution in [3.05, 3.63) is 81.3 Å². The Balaban J connectivity index is 1.81. The van der Waals surface area contributed by atoms with E-state index in [1.165, 1.54) is 11.8 Å². The molecule has 4 nitrogen and oxygen atoms in total. The number of thioether (sulfide) groups is 1. The number of ketones is 1. The second-order valence-electron chi connectivity index (χ2n) is 5.79. The van der Waals surface area contributed by atoms with Crippen LogP contribution >= 0.6 is 23.4 Å². The Morgan fingerprint density at radius 2 is 1.88 bits per heavy atom. The second-order valence-corrected chi connectivity index (χ2v) is 7.21. The zero-order valence-electron chi connectivity index (χ0n) is 13.7. The Labute approximate surface area is 160 Å². The number of hydrogen-bond acceptors (Lipinski definition) is 4. The number of allylic oxidation sites excluding steroid dienone is 1.